The minimum absolute atomic E-state index is 0.0176. The number of amides is 2. The first-order valence-corrected chi connectivity index (χ1v) is 7.96. The van der Waals surface area contributed by atoms with Crippen LogP contribution in [0.3, 0.4) is 0 Å². The molecule has 1 aliphatic rings. The Bertz CT molecular complexity index is 550. The number of carbonyl (C=O) groups excluding carboxylic acids is 2. The molecule has 0 aliphatic carbocycles. The average Bonchev–Trinajstić information content (AvgIpc) is 2.55. The number of nitrogens with zero attached hydrogens (tertiary/aromatic N) is 3. The van der Waals surface area contributed by atoms with Gasteiger partial charge in [0, 0.05) is 32.4 Å². The molecule has 0 unspecified atom stereocenters. The van der Waals surface area contributed by atoms with Crippen LogP contribution in [-0.4, -0.2) is 59.5 Å². The summed E-state index contributed by atoms with van der Waals surface area (Å²) in [5.41, 5.74) is 1.26. The lowest BCUT2D eigenvalue weighted by atomic mass is 9.98. The number of carbonyl (C=O) groups is 2. The van der Waals surface area contributed by atoms with Crippen molar-refractivity contribution < 1.29 is 14.3 Å². The first kappa shape index (κ1) is 17.3. The Morgan fingerprint density at radius 1 is 1.43 bits per heavy atom. The molecule has 1 atom stereocenters. The van der Waals surface area contributed by atoms with Crippen LogP contribution in [0, 0.1) is 6.92 Å². The molecular formula is C16H24N4O3. The molecule has 1 saturated heterocycles. The predicted octanol–water partition coefficient (Wildman–Crippen LogP) is 0.932. The summed E-state index contributed by atoms with van der Waals surface area (Å²) in [6.07, 6.45) is 6.84. The van der Waals surface area contributed by atoms with E-state index in [2.05, 4.69) is 15.3 Å². The molecular weight excluding hydrogens is 296 g/mol. The number of aromatic nitrogens is 2. The van der Waals surface area contributed by atoms with Crippen LogP contribution in [0.1, 0.15) is 41.7 Å². The van der Waals surface area contributed by atoms with E-state index in [1.165, 1.54) is 13.4 Å². The number of piperidine rings is 1. The van der Waals surface area contributed by atoms with Crippen LogP contribution in [0.25, 0.3) is 0 Å². The third-order valence-corrected chi connectivity index (χ3v) is 4.11. The number of hydrogen-bond acceptors (Lipinski definition) is 5. The van der Waals surface area contributed by atoms with Crippen LogP contribution in [0.4, 0.5) is 0 Å². The minimum atomic E-state index is -0.131. The van der Waals surface area contributed by atoms with Crippen molar-refractivity contribution in [3.05, 3.63) is 23.8 Å². The number of aryl methyl sites for hydroxylation is 1. The number of rotatable bonds is 6. The third-order valence-electron chi connectivity index (χ3n) is 4.11. The van der Waals surface area contributed by atoms with E-state index in [1.807, 2.05) is 11.8 Å². The van der Waals surface area contributed by atoms with Gasteiger partial charge in [0.05, 0.1) is 11.3 Å². The van der Waals surface area contributed by atoms with Crippen LogP contribution >= 0.6 is 0 Å². The Morgan fingerprint density at radius 3 is 3.00 bits per heavy atom. The quantitative estimate of drug-likeness (QED) is 0.843. The summed E-state index contributed by atoms with van der Waals surface area (Å²) in [6, 6.07) is 0.138. The highest BCUT2D eigenvalue weighted by atomic mass is 16.5. The molecule has 1 N–H and O–H groups in total. The van der Waals surface area contributed by atoms with Crippen LogP contribution in [0.2, 0.25) is 0 Å². The van der Waals surface area contributed by atoms with Crippen LogP contribution in [0.15, 0.2) is 12.5 Å². The normalized spacial score (nSPS) is 17.8. The van der Waals surface area contributed by atoms with Crippen LogP contribution < -0.4 is 5.32 Å². The van der Waals surface area contributed by atoms with Crippen molar-refractivity contribution in [1.29, 1.82) is 0 Å². The fourth-order valence-corrected chi connectivity index (χ4v) is 2.88. The number of nitrogens with one attached hydrogen (secondary N) is 1. The second kappa shape index (κ2) is 8.57. The molecule has 0 radical (unpaired) electrons. The molecule has 1 aliphatic heterocycles. The van der Waals surface area contributed by atoms with Crippen molar-refractivity contribution in [2.45, 2.75) is 38.6 Å². The van der Waals surface area contributed by atoms with Crippen molar-refractivity contribution in [3.63, 3.8) is 0 Å². The first-order chi connectivity index (χ1) is 11.1. The van der Waals surface area contributed by atoms with Gasteiger partial charge in [-0.15, -0.1) is 0 Å². The van der Waals surface area contributed by atoms with Gasteiger partial charge in [0.1, 0.15) is 12.9 Å². The molecule has 7 heteroatoms. The van der Waals surface area contributed by atoms with E-state index in [4.69, 9.17) is 4.74 Å². The van der Waals surface area contributed by atoms with E-state index in [9.17, 15) is 9.59 Å². The lowest BCUT2D eigenvalue weighted by molar-refractivity contribution is -0.124. The number of ether oxygens (including phenoxy) is 1. The molecule has 0 bridgehead atoms. The van der Waals surface area contributed by atoms with Gasteiger partial charge in [0.25, 0.3) is 5.91 Å². The third kappa shape index (κ3) is 4.72. The maximum Gasteiger partial charge on any atom is 0.257 e. The number of methoxy groups -OCH3 is 1. The Hall–Kier alpha value is -2.02. The summed E-state index contributed by atoms with van der Waals surface area (Å²) in [6.45, 7) is 3.16. The highest BCUT2D eigenvalue weighted by Gasteiger charge is 2.28. The van der Waals surface area contributed by atoms with Crippen molar-refractivity contribution in [1.82, 2.24) is 20.2 Å². The molecule has 2 heterocycles. The Labute approximate surface area is 136 Å². The summed E-state index contributed by atoms with van der Waals surface area (Å²) in [5, 5.41) is 2.81. The topological polar surface area (TPSA) is 84.4 Å². The van der Waals surface area contributed by atoms with Crippen molar-refractivity contribution in [2.24, 2.45) is 0 Å². The standard InChI is InChI=1S/C16H24N4O3/c1-12-14(9-17-11-19-12)16(22)20-8-4-3-5-13(20)6-7-18-15(21)10-23-2/h9,11,13H,3-8,10H2,1-2H3,(H,18,21)/t13-/m0/s1. The summed E-state index contributed by atoms with van der Waals surface area (Å²) < 4.78 is 4.79. The zero-order valence-corrected chi connectivity index (χ0v) is 13.7. The minimum Gasteiger partial charge on any atom is -0.375 e. The van der Waals surface area contributed by atoms with Gasteiger partial charge in [-0.25, -0.2) is 9.97 Å². The summed E-state index contributed by atoms with van der Waals surface area (Å²) in [5.74, 6) is -0.149. The van der Waals surface area contributed by atoms with Gasteiger partial charge in [-0.2, -0.15) is 0 Å². The molecule has 2 amide bonds. The molecule has 0 aromatic carbocycles. The van der Waals surface area contributed by atoms with E-state index in [-0.39, 0.29) is 24.5 Å². The van der Waals surface area contributed by atoms with Crippen molar-refractivity contribution in [2.75, 3.05) is 26.8 Å². The Balaban J connectivity index is 1.97. The molecule has 2 rings (SSSR count). The lowest BCUT2D eigenvalue weighted by Crippen LogP contribution is -2.45. The highest BCUT2D eigenvalue weighted by Crippen LogP contribution is 2.22. The zero-order chi connectivity index (χ0) is 16.7. The largest absolute Gasteiger partial charge is 0.375 e. The molecule has 1 fully saturated rings. The van der Waals surface area contributed by atoms with E-state index >= 15 is 0 Å². The van der Waals surface area contributed by atoms with Crippen molar-refractivity contribution in [3.8, 4) is 0 Å². The van der Waals surface area contributed by atoms with Crippen LogP contribution in [-0.2, 0) is 9.53 Å². The first-order valence-electron chi connectivity index (χ1n) is 7.96. The second-order valence-electron chi connectivity index (χ2n) is 5.74. The predicted molar refractivity (Wildman–Crippen MR) is 84.9 cm³/mol. The smallest absolute Gasteiger partial charge is 0.257 e. The SMILES string of the molecule is COCC(=O)NCC[C@@H]1CCCCN1C(=O)c1cncnc1C. The van der Waals surface area contributed by atoms with E-state index in [1.54, 1.807) is 6.20 Å². The van der Waals surface area contributed by atoms with E-state index in [0.29, 0.717) is 17.8 Å². The van der Waals surface area contributed by atoms with Gasteiger partial charge in [-0.05, 0) is 32.6 Å². The fraction of sp³-hybridized carbons (Fsp3) is 0.625. The monoisotopic (exact) mass is 320 g/mol. The number of hydrogen-bond donors (Lipinski definition) is 1. The van der Waals surface area contributed by atoms with Crippen molar-refractivity contribution >= 4 is 11.8 Å². The fourth-order valence-electron chi connectivity index (χ4n) is 2.88. The van der Waals surface area contributed by atoms with Gasteiger partial charge in [0.15, 0.2) is 0 Å². The second-order valence-corrected chi connectivity index (χ2v) is 5.74. The van der Waals surface area contributed by atoms with Gasteiger partial charge < -0.3 is 15.0 Å². The van der Waals surface area contributed by atoms with Gasteiger partial charge >= 0.3 is 0 Å². The molecule has 7 nitrogen and oxygen atoms in total. The average molecular weight is 320 g/mol. The molecule has 1 aromatic rings. The number of likely N-dealkylation sites (tertiary alicyclic amines) is 1. The van der Waals surface area contributed by atoms with Crippen LogP contribution in [0.5, 0.6) is 0 Å². The van der Waals surface area contributed by atoms with Gasteiger partial charge in [-0.3, -0.25) is 9.59 Å². The molecule has 0 saturated carbocycles. The van der Waals surface area contributed by atoms with Gasteiger partial charge in [0.2, 0.25) is 5.91 Å². The Morgan fingerprint density at radius 2 is 2.26 bits per heavy atom. The molecule has 126 valence electrons. The molecule has 0 spiro atoms. The lowest BCUT2D eigenvalue weighted by Gasteiger charge is -2.36. The Kier molecular flexibility index (Phi) is 6.46. The van der Waals surface area contributed by atoms with Gasteiger partial charge in [-0.1, -0.05) is 0 Å². The van der Waals surface area contributed by atoms with E-state index in [0.717, 1.165) is 32.2 Å². The zero-order valence-electron chi connectivity index (χ0n) is 13.7. The van der Waals surface area contributed by atoms with E-state index < -0.39 is 0 Å². The highest BCUT2D eigenvalue weighted by molar-refractivity contribution is 5.95. The molecule has 23 heavy (non-hydrogen) atoms. The summed E-state index contributed by atoms with van der Waals surface area (Å²) >= 11 is 0. The summed E-state index contributed by atoms with van der Waals surface area (Å²) in [4.78, 5) is 34.2. The maximum atomic E-state index is 12.8. The maximum absolute atomic E-state index is 12.8. The summed E-state index contributed by atoms with van der Waals surface area (Å²) in [7, 11) is 1.49. The molecule has 1 aromatic heterocycles.